The van der Waals surface area contributed by atoms with Crippen LogP contribution in [0.2, 0.25) is 0 Å². The molecule has 1 aliphatic heterocycles. The minimum absolute atomic E-state index is 0. The van der Waals surface area contributed by atoms with E-state index >= 15 is 0 Å². The fraction of sp³-hybridized carbons (Fsp3) is 0.375. The smallest absolute Gasteiger partial charge is 0.418 e. The molecule has 0 amide bonds. The van der Waals surface area contributed by atoms with Gasteiger partial charge in [-0.2, -0.15) is 5.26 Å². The standard InChI is InChI=1S/C8H11N3.BF4/c1-6-3-4-11(5-9)8(10)7(6)2;2-1(3,4)5/h3-4,8H,10H2,1-2H3;/q;-1/p+1. The van der Waals surface area contributed by atoms with Crippen LogP contribution in [0.4, 0.5) is 17.3 Å². The van der Waals surface area contributed by atoms with E-state index in [4.69, 9.17) is 11.0 Å². The van der Waals surface area contributed by atoms with Gasteiger partial charge in [0, 0.05) is 6.20 Å². The second-order valence-electron chi connectivity index (χ2n) is 3.13. The molecule has 0 bridgehead atoms. The van der Waals surface area contributed by atoms with Gasteiger partial charge < -0.3 is 23.0 Å². The average molecular weight is 237 g/mol. The molecule has 90 valence electrons. The normalized spacial score (nSPS) is 20.1. The first-order valence-corrected chi connectivity index (χ1v) is 4.33. The van der Waals surface area contributed by atoms with Gasteiger partial charge in [0.2, 0.25) is 0 Å². The third-order valence-electron chi connectivity index (χ3n) is 1.97. The first-order chi connectivity index (χ1) is 7.16. The second-order valence-corrected chi connectivity index (χ2v) is 3.13. The first kappa shape index (κ1) is 14.5. The lowest BCUT2D eigenvalue weighted by Gasteiger charge is -2.25. The Hall–Kier alpha value is -1.49. The van der Waals surface area contributed by atoms with Crippen molar-refractivity contribution in [2.24, 2.45) is 5.73 Å². The van der Waals surface area contributed by atoms with E-state index in [1.54, 1.807) is 6.20 Å². The Morgan fingerprint density at radius 1 is 1.44 bits per heavy atom. The maximum absolute atomic E-state index is 9.75. The molecule has 16 heavy (non-hydrogen) atoms. The Kier molecular flexibility index (Phi) is 5.04. The van der Waals surface area contributed by atoms with Gasteiger partial charge in [-0.3, -0.25) is 4.90 Å². The predicted molar refractivity (Wildman–Crippen MR) is 54.2 cm³/mol. The highest BCUT2D eigenvalue weighted by Gasteiger charge is 2.20. The minimum Gasteiger partial charge on any atom is -0.418 e. The van der Waals surface area contributed by atoms with Crippen LogP contribution >= 0.6 is 0 Å². The maximum Gasteiger partial charge on any atom is 1.00 e. The van der Waals surface area contributed by atoms with Crippen LogP contribution in [0.1, 0.15) is 15.3 Å². The van der Waals surface area contributed by atoms with E-state index in [0.717, 1.165) is 11.1 Å². The molecule has 0 spiro atoms. The van der Waals surface area contributed by atoms with Crippen molar-refractivity contribution in [2.45, 2.75) is 20.0 Å². The largest absolute Gasteiger partial charge is 1.00 e. The van der Waals surface area contributed by atoms with Gasteiger partial charge in [0.1, 0.15) is 6.17 Å². The summed E-state index contributed by atoms with van der Waals surface area (Å²) in [5, 5.41) is 8.59. The van der Waals surface area contributed by atoms with Crippen LogP contribution in [0, 0.1) is 11.5 Å². The van der Waals surface area contributed by atoms with Crippen LogP contribution in [0.5, 0.6) is 0 Å². The second kappa shape index (κ2) is 5.56. The van der Waals surface area contributed by atoms with Gasteiger partial charge in [-0.25, -0.2) is 0 Å². The van der Waals surface area contributed by atoms with Crippen LogP contribution in [0.25, 0.3) is 0 Å². The summed E-state index contributed by atoms with van der Waals surface area (Å²) >= 11 is 0. The van der Waals surface area contributed by atoms with Crippen LogP contribution < -0.4 is 5.73 Å². The lowest BCUT2D eigenvalue weighted by atomic mass is 10.1. The Balaban J connectivity index is 0. The zero-order chi connectivity index (χ0) is 12.9. The van der Waals surface area contributed by atoms with Crippen molar-refractivity contribution < 1.29 is 18.7 Å². The molecule has 0 saturated heterocycles. The molecule has 1 aliphatic rings. The third kappa shape index (κ3) is 5.41. The number of hydrogen-bond donors (Lipinski definition) is 1. The molecule has 0 aromatic rings. The number of allylic oxidation sites excluding steroid dienone is 2. The van der Waals surface area contributed by atoms with Crippen LogP contribution in [0.15, 0.2) is 23.4 Å². The fourth-order valence-corrected chi connectivity index (χ4v) is 0.954. The van der Waals surface area contributed by atoms with Gasteiger partial charge in [0.25, 0.3) is 0 Å². The topological polar surface area (TPSA) is 53.0 Å². The SMILES string of the molecule is CC1=C(C)C(N)N(C#N)C=C1.F[B-](F)(F)F.[H+]. The number of nitriles is 1. The Morgan fingerprint density at radius 3 is 2.25 bits per heavy atom. The molecule has 3 nitrogen and oxygen atoms in total. The number of hydrogen-bond acceptors (Lipinski definition) is 3. The highest BCUT2D eigenvalue weighted by molar-refractivity contribution is 6.50. The molecule has 0 aromatic carbocycles. The number of rotatable bonds is 0. The third-order valence-corrected chi connectivity index (χ3v) is 1.97. The van der Waals surface area contributed by atoms with Crippen LogP contribution in [-0.2, 0) is 0 Å². The highest BCUT2D eigenvalue weighted by atomic mass is 19.5. The van der Waals surface area contributed by atoms with Crippen molar-refractivity contribution in [3.63, 3.8) is 0 Å². The van der Waals surface area contributed by atoms with Gasteiger partial charge >= 0.3 is 8.68 Å². The molecule has 0 radical (unpaired) electrons. The molecule has 1 atom stereocenters. The Labute approximate surface area is 92.4 Å². The summed E-state index contributed by atoms with van der Waals surface area (Å²) in [4.78, 5) is 1.43. The monoisotopic (exact) mass is 237 g/mol. The van der Waals surface area contributed by atoms with E-state index in [2.05, 4.69) is 0 Å². The van der Waals surface area contributed by atoms with Crippen molar-refractivity contribution in [3.05, 3.63) is 23.4 Å². The van der Waals surface area contributed by atoms with E-state index in [9.17, 15) is 17.3 Å². The zero-order valence-corrected chi connectivity index (χ0v) is 8.79. The van der Waals surface area contributed by atoms with Crippen molar-refractivity contribution in [1.29, 1.82) is 5.26 Å². The molecular formula is C8H12BF4N3. The minimum atomic E-state index is -6.00. The molecule has 0 aliphatic carbocycles. The molecule has 1 heterocycles. The summed E-state index contributed by atoms with van der Waals surface area (Å²) in [5.74, 6) is 0. The molecular weight excluding hydrogens is 225 g/mol. The number of nitrogens with zero attached hydrogens (tertiary/aromatic N) is 2. The quantitative estimate of drug-likeness (QED) is 0.399. The number of nitrogens with two attached hydrogens (primary N) is 1. The van der Waals surface area contributed by atoms with Gasteiger partial charge in [0.15, 0.2) is 6.19 Å². The lowest BCUT2D eigenvalue weighted by Crippen LogP contribution is -2.38. The molecule has 0 aromatic heterocycles. The molecule has 0 fully saturated rings. The van der Waals surface area contributed by atoms with E-state index in [-0.39, 0.29) is 7.59 Å². The van der Waals surface area contributed by atoms with E-state index in [0.29, 0.717) is 0 Å². The maximum atomic E-state index is 9.75. The summed E-state index contributed by atoms with van der Waals surface area (Å²) in [6.07, 6.45) is 5.31. The van der Waals surface area contributed by atoms with Crippen LogP contribution in [0.3, 0.4) is 0 Å². The van der Waals surface area contributed by atoms with E-state index in [1.165, 1.54) is 4.90 Å². The van der Waals surface area contributed by atoms with Crippen molar-refractivity contribution in [1.82, 2.24) is 4.90 Å². The van der Waals surface area contributed by atoms with Crippen LogP contribution in [-0.4, -0.2) is 18.3 Å². The summed E-state index contributed by atoms with van der Waals surface area (Å²) in [6.45, 7) is 3.92. The first-order valence-electron chi connectivity index (χ1n) is 4.33. The predicted octanol–water partition coefficient (Wildman–Crippen LogP) is 2.33. The van der Waals surface area contributed by atoms with Gasteiger partial charge in [-0.05, 0) is 31.1 Å². The van der Waals surface area contributed by atoms with Crippen molar-refractivity contribution in [3.8, 4) is 6.19 Å². The van der Waals surface area contributed by atoms with Gasteiger partial charge in [-0.1, -0.05) is 0 Å². The summed E-state index contributed by atoms with van der Waals surface area (Å²) < 4.78 is 39.0. The van der Waals surface area contributed by atoms with E-state index in [1.807, 2.05) is 26.1 Å². The summed E-state index contributed by atoms with van der Waals surface area (Å²) in [7, 11) is -6.00. The zero-order valence-electron chi connectivity index (χ0n) is 9.79. The Bertz CT molecular complexity index is 342. The fourth-order valence-electron chi connectivity index (χ4n) is 0.954. The molecule has 1 rings (SSSR count). The van der Waals surface area contributed by atoms with Gasteiger partial charge in [-0.15, -0.1) is 0 Å². The molecule has 2 N–H and O–H groups in total. The lowest BCUT2D eigenvalue weighted by molar-refractivity contribution is 0.368. The average Bonchev–Trinajstić information content (AvgIpc) is 2.12. The van der Waals surface area contributed by atoms with Crippen molar-refractivity contribution >= 4 is 7.25 Å². The summed E-state index contributed by atoms with van der Waals surface area (Å²) in [6, 6.07) is 0. The van der Waals surface area contributed by atoms with E-state index < -0.39 is 7.25 Å². The highest BCUT2D eigenvalue weighted by Crippen LogP contribution is 2.16. The summed E-state index contributed by atoms with van der Waals surface area (Å²) in [5.41, 5.74) is 7.91. The number of halogens is 4. The molecule has 1 unspecified atom stereocenters. The van der Waals surface area contributed by atoms with Gasteiger partial charge in [0.05, 0.1) is 0 Å². The molecule has 0 saturated carbocycles. The Morgan fingerprint density at radius 2 is 1.88 bits per heavy atom. The molecule has 8 heteroatoms. The van der Waals surface area contributed by atoms with Crippen molar-refractivity contribution in [2.75, 3.05) is 0 Å².